The Morgan fingerprint density at radius 3 is 2.89 bits per heavy atom. The number of aliphatic imine (C=N–C) groups is 1. The van der Waals surface area contributed by atoms with E-state index in [1.807, 2.05) is 20.0 Å². The molecule has 3 nitrogen and oxygen atoms in total. The second-order valence-corrected chi connectivity index (χ2v) is 4.66. The van der Waals surface area contributed by atoms with E-state index in [0.717, 1.165) is 18.5 Å². The van der Waals surface area contributed by atoms with Crippen LogP contribution in [0.3, 0.4) is 0 Å². The number of likely N-dealkylation sites (N-methyl/N-ethyl adjacent to an activating group) is 1. The number of rotatable bonds is 5. The molecule has 0 N–H and O–H groups in total. The van der Waals surface area contributed by atoms with E-state index in [-0.39, 0.29) is 11.7 Å². The average Bonchev–Trinajstić information content (AvgIpc) is 2.39. The summed E-state index contributed by atoms with van der Waals surface area (Å²) < 4.78 is 13.3. The fourth-order valence-electron chi connectivity index (χ4n) is 1.97. The Kier molecular flexibility index (Phi) is 5.67. The molecule has 0 saturated carbocycles. The highest BCUT2D eigenvalue weighted by atomic mass is 19.1. The van der Waals surface area contributed by atoms with Crippen molar-refractivity contribution < 1.29 is 9.18 Å². The molecule has 1 unspecified atom stereocenters. The molecule has 0 radical (unpaired) electrons. The molecule has 0 aromatic rings. The van der Waals surface area contributed by atoms with E-state index in [2.05, 4.69) is 11.6 Å². The van der Waals surface area contributed by atoms with Crippen molar-refractivity contribution in [2.75, 3.05) is 13.6 Å². The Labute approximate surface area is 114 Å². The quantitative estimate of drug-likeness (QED) is 0.434. The van der Waals surface area contributed by atoms with Gasteiger partial charge in [-0.3, -0.25) is 0 Å². The number of aldehydes is 1. The zero-order valence-corrected chi connectivity index (χ0v) is 11.8. The fourth-order valence-corrected chi connectivity index (χ4v) is 1.97. The van der Waals surface area contributed by atoms with Crippen LogP contribution in [0.15, 0.2) is 40.8 Å². The monoisotopic (exact) mass is 264 g/mol. The summed E-state index contributed by atoms with van der Waals surface area (Å²) in [7, 11) is 1.82. The van der Waals surface area contributed by atoms with Crippen molar-refractivity contribution >= 4 is 12.1 Å². The van der Waals surface area contributed by atoms with Gasteiger partial charge in [0.2, 0.25) is 0 Å². The topological polar surface area (TPSA) is 32.7 Å². The molecule has 0 aromatic heterocycles. The van der Waals surface area contributed by atoms with E-state index in [4.69, 9.17) is 0 Å². The van der Waals surface area contributed by atoms with Crippen molar-refractivity contribution in [2.45, 2.75) is 26.7 Å². The van der Waals surface area contributed by atoms with E-state index in [1.165, 1.54) is 0 Å². The van der Waals surface area contributed by atoms with E-state index in [0.29, 0.717) is 24.2 Å². The largest absolute Gasteiger partial charge is 0.356 e. The fraction of sp³-hybridized carbons (Fsp3) is 0.467. The third-order valence-electron chi connectivity index (χ3n) is 3.18. The van der Waals surface area contributed by atoms with Gasteiger partial charge in [-0.25, -0.2) is 9.38 Å². The highest BCUT2D eigenvalue weighted by Gasteiger charge is 2.16. The van der Waals surface area contributed by atoms with Gasteiger partial charge < -0.3 is 9.69 Å². The SMILES string of the molecule is C=C(N=C(CC)N(C)CC=O)C1C=C(C)C(F)=CC1. The number of allylic oxidation sites excluding steroid dienone is 4. The van der Waals surface area contributed by atoms with E-state index in [9.17, 15) is 9.18 Å². The van der Waals surface area contributed by atoms with Crippen LogP contribution in [0.2, 0.25) is 0 Å². The van der Waals surface area contributed by atoms with Crippen molar-refractivity contribution in [1.29, 1.82) is 0 Å². The molecule has 0 heterocycles. The number of nitrogens with zero attached hydrogens (tertiary/aromatic N) is 2. The molecule has 0 bridgehead atoms. The summed E-state index contributed by atoms with van der Waals surface area (Å²) in [5.74, 6) is 0.686. The second-order valence-electron chi connectivity index (χ2n) is 4.66. The summed E-state index contributed by atoms with van der Waals surface area (Å²) >= 11 is 0. The maximum Gasteiger partial charge on any atom is 0.139 e. The number of halogens is 1. The molecular formula is C15H21FN2O. The van der Waals surface area contributed by atoms with Gasteiger partial charge in [-0.15, -0.1) is 0 Å². The standard InChI is InChI=1S/C15H21FN2O/c1-5-15(18(4)8-9-19)17-12(3)13-6-7-14(16)11(2)10-13/h7,9-10,13H,3,5-6,8H2,1-2,4H3. The first-order valence-electron chi connectivity index (χ1n) is 6.45. The molecule has 0 aromatic carbocycles. The summed E-state index contributed by atoms with van der Waals surface area (Å²) in [5.41, 5.74) is 1.34. The predicted octanol–water partition coefficient (Wildman–Crippen LogP) is 3.26. The van der Waals surface area contributed by atoms with Crippen molar-refractivity contribution in [3.05, 3.63) is 35.8 Å². The first-order chi connectivity index (χ1) is 8.99. The van der Waals surface area contributed by atoms with Crippen molar-refractivity contribution in [2.24, 2.45) is 10.9 Å². The molecule has 104 valence electrons. The molecule has 0 aliphatic heterocycles. The van der Waals surface area contributed by atoms with Crippen LogP contribution >= 0.6 is 0 Å². The van der Waals surface area contributed by atoms with Crippen molar-refractivity contribution in [3.8, 4) is 0 Å². The molecule has 1 aliphatic carbocycles. The average molecular weight is 264 g/mol. The highest BCUT2D eigenvalue weighted by molar-refractivity contribution is 5.84. The van der Waals surface area contributed by atoms with E-state index >= 15 is 0 Å². The van der Waals surface area contributed by atoms with Crippen molar-refractivity contribution in [3.63, 3.8) is 0 Å². The molecule has 0 spiro atoms. The van der Waals surface area contributed by atoms with Crippen LogP contribution in [0.4, 0.5) is 4.39 Å². The molecular weight excluding hydrogens is 243 g/mol. The Balaban J connectivity index is 2.80. The van der Waals surface area contributed by atoms with Crippen LogP contribution in [0.25, 0.3) is 0 Å². The molecule has 0 amide bonds. The van der Waals surface area contributed by atoms with Gasteiger partial charge in [0, 0.05) is 25.1 Å². The zero-order chi connectivity index (χ0) is 14.4. The molecule has 0 fully saturated rings. The Morgan fingerprint density at radius 2 is 2.37 bits per heavy atom. The van der Waals surface area contributed by atoms with Gasteiger partial charge in [-0.2, -0.15) is 0 Å². The number of hydrogen-bond donors (Lipinski definition) is 0. The van der Waals surface area contributed by atoms with Gasteiger partial charge in [0.15, 0.2) is 0 Å². The van der Waals surface area contributed by atoms with Gasteiger partial charge in [0.25, 0.3) is 0 Å². The molecule has 1 atom stereocenters. The number of carbonyl (C=O) groups is 1. The maximum atomic E-state index is 13.3. The summed E-state index contributed by atoms with van der Waals surface area (Å²) in [6.45, 7) is 8.01. The maximum absolute atomic E-state index is 13.3. The number of hydrogen-bond acceptors (Lipinski definition) is 2. The lowest BCUT2D eigenvalue weighted by Gasteiger charge is -2.21. The lowest BCUT2D eigenvalue weighted by Crippen LogP contribution is -2.28. The van der Waals surface area contributed by atoms with Gasteiger partial charge in [-0.05, 0) is 25.0 Å². The minimum absolute atomic E-state index is 0.0330. The van der Waals surface area contributed by atoms with Crippen molar-refractivity contribution in [1.82, 2.24) is 4.90 Å². The third-order valence-corrected chi connectivity index (χ3v) is 3.18. The van der Waals surface area contributed by atoms with Crippen LogP contribution in [0.1, 0.15) is 26.7 Å². The number of carbonyl (C=O) groups excluding carboxylic acids is 1. The Hall–Kier alpha value is -1.71. The van der Waals surface area contributed by atoms with Crippen LogP contribution in [-0.2, 0) is 4.79 Å². The summed E-state index contributed by atoms with van der Waals surface area (Å²) in [5, 5.41) is 0. The van der Waals surface area contributed by atoms with E-state index in [1.54, 1.807) is 17.9 Å². The third kappa shape index (κ3) is 4.16. The molecule has 1 aliphatic rings. The van der Waals surface area contributed by atoms with Gasteiger partial charge in [0.1, 0.15) is 17.9 Å². The van der Waals surface area contributed by atoms with Crippen LogP contribution in [0.5, 0.6) is 0 Å². The normalized spacial score (nSPS) is 19.6. The minimum Gasteiger partial charge on any atom is -0.356 e. The Bertz CT molecular complexity index is 449. The van der Waals surface area contributed by atoms with Gasteiger partial charge in [0.05, 0.1) is 6.54 Å². The molecule has 19 heavy (non-hydrogen) atoms. The second kappa shape index (κ2) is 7.02. The van der Waals surface area contributed by atoms with Crippen LogP contribution < -0.4 is 0 Å². The van der Waals surface area contributed by atoms with Gasteiger partial charge in [-0.1, -0.05) is 19.6 Å². The summed E-state index contributed by atoms with van der Waals surface area (Å²) in [4.78, 5) is 16.8. The summed E-state index contributed by atoms with van der Waals surface area (Å²) in [6, 6.07) is 0. The highest BCUT2D eigenvalue weighted by Crippen LogP contribution is 2.28. The lowest BCUT2D eigenvalue weighted by atomic mass is 9.94. The smallest absolute Gasteiger partial charge is 0.139 e. The first-order valence-corrected chi connectivity index (χ1v) is 6.45. The van der Waals surface area contributed by atoms with Crippen LogP contribution in [-0.4, -0.2) is 30.6 Å². The lowest BCUT2D eigenvalue weighted by molar-refractivity contribution is -0.108. The molecule has 4 heteroatoms. The molecule has 0 saturated heterocycles. The first kappa shape index (κ1) is 15.3. The van der Waals surface area contributed by atoms with Gasteiger partial charge >= 0.3 is 0 Å². The van der Waals surface area contributed by atoms with Crippen LogP contribution in [0, 0.1) is 5.92 Å². The summed E-state index contributed by atoms with van der Waals surface area (Å²) in [6.07, 6.45) is 5.58. The zero-order valence-electron chi connectivity index (χ0n) is 11.8. The number of amidine groups is 1. The van der Waals surface area contributed by atoms with E-state index < -0.39 is 0 Å². The molecule has 1 rings (SSSR count). The minimum atomic E-state index is -0.165. The Morgan fingerprint density at radius 1 is 1.68 bits per heavy atom. The predicted molar refractivity (Wildman–Crippen MR) is 76.6 cm³/mol.